The predicted octanol–water partition coefficient (Wildman–Crippen LogP) is -1.16. The van der Waals surface area contributed by atoms with Crippen molar-refractivity contribution in [1.82, 2.24) is 4.90 Å². The summed E-state index contributed by atoms with van der Waals surface area (Å²) < 4.78 is 12.8. The average Bonchev–Trinajstić information content (AvgIpc) is 2.29. The lowest BCUT2D eigenvalue weighted by Gasteiger charge is -2.20. The van der Waals surface area contributed by atoms with Crippen LogP contribution in [0.15, 0.2) is 0 Å². The van der Waals surface area contributed by atoms with E-state index < -0.39 is 12.1 Å². The van der Waals surface area contributed by atoms with Gasteiger partial charge in [-0.25, -0.2) is 4.39 Å². The minimum Gasteiger partial charge on any atom is -0.369 e. The van der Waals surface area contributed by atoms with E-state index in [1.54, 1.807) is 4.90 Å². The zero-order valence-electron chi connectivity index (χ0n) is 6.87. The lowest BCUT2D eigenvalue weighted by atomic mass is 10.2. The van der Waals surface area contributed by atoms with Crippen LogP contribution in [0, 0.1) is 0 Å². The van der Waals surface area contributed by atoms with Gasteiger partial charge in [0.2, 0.25) is 5.91 Å². The first-order valence-corrected chi connectivity index (χ1v) is 4.00. The SMILES string of the molecule is NC[C@@H]1C[C@H](F)CN1CC(N)=O. The molecular weight excluding hydrogens is 161 g/mol. The van der Waals surface area contributed by atoms with Gasteiger partial charge in [0.25, 0.3) is 0 Å². The maximum absolute atomic E-state index is 12.8. The smallest absolute Gasteiger partial charge is 0.231 e. The summed E-state index contributed by atoms with van der Waals surface area (Å²) in [6, 6.07) is -0.0208. The van der Waals surface area contributed by atoms with E-state index in [0.717, 1.165) is 0 Å². The fraction of sp³-hybridized carbons (Fsp3) is 0.857. The van der Waals surface area contributed by atoms with Crippen molar-refractivity contribution >= 4 is 5.91 Å². The molecule has 0 spiro atoms. The van der Waals surface area contributed by atoms with Gasteiger partial charge >= 0.3 is 0 Å². The first-order valence-electron chi connectivity index (χ1n) is 4.00. The number of likely N-dealkylation sites (tertiary alicyclic amines) is 1. The quantitative estimate of drug-likeness (QED) is 0.568. The van der Waals surface area contributed by atoms with E-state index in [9.17, 15) is 9.18 Å². The van der Waals surface area contributed by atoms with Crippen LogP contribution in [-0.4, -0.2) is 42.7 Å². The fourth-order valence-corrected chi connectivity index (χ4v) is 1.56. The molecule has 1 heterocycles. The molecule has 1 aliphatic rings. The van der Waals surface area contributed by atoms with E-state index in [-0.39, 0.29) is 19.1 Å². The van der Waals surface area contributed by atoms with Gasteiger partial charge in [0, 0.05) is 19.1 Å². The third kappa shape index (κ3) is 2.15. The predicted molar refractivity (Wildman–Crippen MR) is 43.1 cm³/mol. The number of alkyl halides is 1. The Morgan fingerprint density at radius 3 is 2.83 bits per heavy atom. The van der Waals surface area contributed by atoms with Crippen molar-refractivity contribution in [2.75, 3.05) is 19.6 Å². The zero-order chi connectivity index (χ0) is 9.14. The van der Waals surface area contributed by atoms with E-state index in [0.29, 0.717) is 13.0 Å². The molecule has 0 aromatic heterocycles. The Kier molecular flexibility index (Phi) is 2.99. The molecule has 70 valence electrons. The van der Waals surface area contributed by atoms with E-state index in [2.05, 4.69) is 0 Å². The summed E-state index contributed by atoms with van der Waals surface area (Å²) in [4.78, 5) is 12.2. The van der Waals surface area contributed by atoms with Crippen LogP contribution in [-0.2, 0) is 4.79 Å². The minimum absolute atomic E-state index is 0.0208. The second-order valence-electron chi connectivity index (χ2n) is 3.12. The Morgan fingerprint density at radius 1 is 1.67 bits per heavy atom. The van der Waals surface area contributed by atoms with Gasteiger partial charge in [0.1, 0.15) is 6.17 Å². The normalized spacial score (nSPS) is 30.8. The first-order chi connectivity index (χ1) is 5.63. The number of carbonyl (C=O) groups is 1. The van der Waals surface area contributed by atoms with Crippen molar-refractivity contribution in [3.8, 4) is 0 Å². The summed E-state index contributed by atoms with van der Waals surface area (Å²) in [5.74, 6) is -0.428. The maximum Gasteiger partial charge on any atom is 0.231 e. The van der Waals surface area contributed by atoms with Crippen molar-refractivity contribution in [1.29, 1.82) is 0 Å². The van der Waals surface area contributed by atoms with Crippen LogP contribution in [0.4, 0.5) is 4.39 Å². The topological polar surface area (TPSA) is 72.3 Å². The highest BCUT2D eigenvalue weighted by Crippen LogP contribution is 2.18. The van der Waals surface area contributed by atoms with Crippen molar-refractivity contribution in [3.63, 3.8) is 0 Å². The molecule has 0 radical (unpaired) electrons. The van der Waals surface area contributed by atoms with E-state index in [4.69, 9.17) is 11.5 Å². The maximum atomic E-state index is 12.8. The summed E-state index contributed by atoms with van der Waals surface area (Å²) in [5, 5.41) is 0. The van der Waals surface area contributed by atoms with Crippen LogP contribution < -0.4 is 11.5 Å². The van der Waals surface area contributed by atoms with Gasteiger partial charge in [0.05, 0.1) is 6.54 Å². The minimum atomic E-state index is -0.863. The van der Waals surface area contributed by atoms with E-state index in [1.165, 1.54) is 0 Å². The molecule has 1 aliphatic heterocycles. The van der Waals surface area contributed by atoms with Gasteiger partial charge in [-0.3, -0.25) is 9.69 Å². The number of halogens is 1. The van der Waals surface area contributed by atoms with Crippen molar-refractivity contribution < 1.29 is 9.18 Å². The van der Waals surface area contributed by atoms with E-state index >= 15 is 0 Å². The lowest BCUT2D eigenvalue weighted by Crippen LogP contribution is -2.40. The molecule has 1 rings (SSSR count). The number of amides is 1. The monoisotopic (exact) mass is 175 g/mol. The van der Waals surface area contributed by atoms with Crippen LogP contribution in [0.2, 0.25) is 0 Å². The molecule has 0 aromatic carbocycles. The average molecular weight is 175 g/mol. The number of hydrogen-bond acceptors (Lipinski definition) is 3. The summed E-state index contributed by atoms with van der Waals surface area (Å²) in [7, 11) is 0. The van der Waals surface area contributed by atoms with Gasteiger partial charge in [-0.15, -0.1) is 0 Å². The third-order valence-electron chi connectivity index (χ3n) is 2.11. The molecule has 0 saturated carbocycles. The standard InChI is InChI=1S/C7H14FN3O/c8-5-1-6(2-9)11(3-5)4-7(10)12/h5-6H,1-4,9H2,(H2,10,12)/t5-,6-/m0/s1. The molecule has 0 unspecified atom stereocenters. The largest absolute Gasteiger partial charge is 0.369 e. The molecule has 2 atom stereocenters. The highest BCUT2D eigenvalue weighted by molar-refractivity contribution is 5.76. The molecule has 0 aromatic rings. The molecule has 5 heteroatoms. The van der Waals surface area contributed by atoms with Crippen LogP contribution in [0.3, 0.4) is 0 Å². The Labute approximate surface area is 70.7 Å². The fourth-order valence-electron chi connectivity index (χ4n) is 1.56. The Hall–Kier alpha value is -0.680. The van der Waals surface area contributed by atoms with Gasteiger partial charge in [-0.2, -0.15) is 0 Å². The molecular formula is C7H14FN3O. The van der Waals surface area contributed by atoms with E-state index in [1.807, 2.05) is 0 Å². The lowest BCUT2D eigenvalue weighted by molar-refractivity contribution is -0.119. The summed E-state index contributed by atoms with van der Waals surface area (Å²) >= 11 is 0. The zero-order valence-corrected chi connectivity index (χ0v) is 6.87. The molecule has 12 heavy (non-hydrogen) atoms. The number of primary amides is 1. The highest BCUT2D eigenvalue weighted by atomic mass is 19.1. The van der Waals surface area contributed by atoms with Crippen molar-refractivity contribution in [2.45, 2.75) is 18.6 Å². The van der Waals surface area contributed by atoms with Crippen molar-refractivity contribution in [3.05, 3.63) is 0 Å². The molecule has 0 aliphatic carbocycles. The number of rotatable bonds is 3. The summed E-state index contributed by atoms with van der Waals surface area (Å²) in [6.45, 7) is 0.779. The Morgan fingerprint density at radius 2 is 2.33 bits per heavy atom. The number of carbonyl (C=O) groups excluding carboxylic acids is 1. The molecule has 1 saturated heterocycles. The summed E-state index contributed by atoms with van der Waals surface area (Å²) in [6.07, 6.45) is -0.443. The molecule has 4 nitrogen and oxygen atoms in total. The number of nitrogens with two attached hydrogens (primary N) is 2. The highest BCUT2D eigenvalue weighted by Gasteiger charge is 2.31. The summed E-state index contributed by atoms with van der Waals surface area (Å²) in [5.41, 5.74) is 10.4. The van der Waals surface area contributed by atoms with Crippen LogP contribution >= 0.6 is 0 Å². The van der Waals surface area contributed by atoms with Gasteiger partial charge < -0.3 is 11.5 Å². The van der Waals surface area contributed by atoms with Crippen LogP contribution in [0.5, 0.6) is 0 Å². The Bertz CT molecular complexity index is 176. The second kappa shape index (κ2) is 3.82. The van der Waals surface area contributed by atoms with Gasteiger partial charge in [-0.1, -0.05) is 0 Å². The van der Waals surface area contributed by atoms with Gasteiger partial charge in [0.15, 0.2) is 0 Å². The van der Waals surface area contributed by atoms with Crippen LogP contribution in [0.1, 0.15) is 6.42 Å². The number of nitrogens with zero attached hydrogens (tertiary/aromatic N) is 1. The Balaban J connectivity index is 2.46. The van der Waals surface area contributed by atoms with Crippen molar-refractivity contribution in [2.24, 2.45) is 11.5 Å². The number of hydrogen-bond donors (Lipinski definition) is 2. The molecule has 4 N–H and O–H groups in total. The molecule has 1 amide bonds. The third-order valence-corrected chi connectivity index (χ3v) is 2.11. The molecule has 0 bridgehead atoms. The van der Waals surface area contributed by atoms with Gasteiger partial charge in [-0.05, 0) is 6.42 Å². The second-order valence-corrected chi connectivity index (χ2v) is 3.12. The molecule has 1 fully saturated rings. The van der Waals surface area contributed by atoms with Crippen LogP contribution in [0.25, 0.3) is 0 Å². The first kappa shape index (κ1) is 9.41.